The molecule has 0 unspecified atom stereocenters. The lowest BCUT2D eigenvalue weighted by atomic mass is 10.1. The number of rotatable bonds is 6. The van der Waals surface area contributed by atoms with Crippen molar-refractivity contribution in [2.45, 2.75) is 37.1 Å². The molecule has 1 aliphatic rings. The summed E-state index contributed by atoms with van der Waals surface area (Å²) >= 11 is 0. The van der Waals surface area contributed by atoms with E-state index in [0.29, 0.717) is 12.5 Å². The zero-order valence-electron chi connectivity index (χ0n) is 12.0. The third-order valence-corrected chi connectivity index (χ3v) is 5.27. The fraction of sp³-hybridized carbons (Fsp3) is 0.571. The van der Waals surface area contributed by atoms with Crippen LogP contribution in [0.1, 0.15) is 31.2 Å². The number of hydrogen-bond acceptors (Lipinski definition) is 3. The highest BCUT2D eigenvalue weighted by molar-refractivity contribution is 7.89. The van der Waals surface area contributed by atoms with Gasteiger partial charge in [0.2, 0.25) is 10.0 Å². The van der Waals surface area contributed by atoms with Crippen LogP contribution >= 0.6 is 0 Å². The first-order valence-corrected chi connectivity index (χ1v) is 8.55. The number of nitrogens with one attached hydrogen (secondary N) is 2. The fourth-order valence-electron chi connectivity index (χ4n) is 2.64. The van der Waals surface area contributed by atoms with Gasteiger partial charge in [-0.1, -0.05) is 12.8 Å². The van der Waals surface area contributed by atoms with Crippen molar-refractivity contribution < 1.29 is 17.2 Å². The van der Waals surface area contributed by atoms with Gasteiger partial charge in [0.05, 0.1) is 0 Å². The molecule has 2 N–H and O–H groups in total. The Morgan fingerprint density at radius 2 is 1.90 bits per heavy atom. The number of hydrogen-bond donors (Lipinski definition) is 2. The molecular weight excluding hydrogens is 298 g/mol. The molecule has 0 aliphatic heterocycles. The summed E-state index contributed by atoms with van der Waals surface area (Å²) in [5.41, 5.74) is -0.263. The van der Waals surface area contributed by atoms with E-state index in [1.807, 2.05) is 0 Å². The minimum Gasteiger partial charge on any atom is -0.315 e. The summed E-state index contributed by atoms with van der Waals surface area (Å²) < 4.78 is 54.6. The molecule has 1 saturated carbocycles. The Hall–Kier alpha value is -1.05. The van der Waals surface area contributed by atoms with Crippen LogP contribution in [0.15, 0.2) is 17.0 Å². The lowest BCUT2D eigenvalue weighted by Crippen LogP contribution is -2.29. The molecule has 1 aliphatic carbocycles. The largest absolute Gasteiger partial charge is 0.315 e. The van der Waals surface area contributed by atoms with Crippen molar-refractivity contribution in [3.8, 4) is 0 Å². The van der Waals surface area contributed by atoms with Crippen LogP contribution in [0.25, 0.3) is 0 Å². The topological polar surface area (TPSA) is 58.2 Å². The van der Waals surface area contributed by atoms with Crippen LogP contribution in [-0.2, 0) is 16.6 Å². The van der Waals surface area contributed by atoms with Crippen LogP contribution in [0.4, 0.5) is 8.78 Å². The lowest BCUT2D eigenvalue weighted by Gasteiger charge is -2.13. The van der Waals surface area contributed by atoms with Gasteiger partial charge in [0.1, 0.15) is 10.7 Å². The van der Waals surface area contributed by atoms with E-state index < -0.39 is 26.6 Å². The van der Waals surface area contributed by atoms with Gasteiger partial charge in [0, 0.05) is 18.7 Å². The molecule has 0 saturated heterocycles. The monoisotopic (exact) mass is 318 g/mol. The quantitative estimate of drug-likeness (QED) is 0.845. The zero-order valence-corrected chi connectivity index (χ0v) is 12.8. The summed E-state index contributed by atoms with van der Waals surface area (Å²) in [7, 11) is -2.42. The van der Waals surface area contributed by atoms with Crippen LogP contribution in [-0.4, -0.2) is 22.0 Å². The molecule has 0 atom stereocenters. The average Bonchev–Trinajstić information content (AvgIpc) is 2.94. The minimum atomic E-state index is -3.96. The highest BCUT2D eigenvalue weighted by atomic mass is 32.2. The van der Waals surface area contributed by atoms with Gasteiger partial charge in [-0.3, -0.25) is 0 Å². The third-order valence-electron chi connectivity index (χ3n) is 3.83. The lowest BCUT2D eigenvalue weighted by molar-refractivity contribution is 0.503. The van der Waals surface area contributed by atoms with Crippen molar-refractivity contribution >= 4 is 10.0 Å². The van der Waals surface area contributed by atoms with Gasteiger partial charge < -0.3 is 5.32 Å². The Balaban J connectivity index is 2.20. The van der Waals surface area contributed by atoms with E-state index in [9.17, 15) is 17.2 Å². The molecule has 0 spiro atoms. The zero-order chi connectivity index (χ0) is 15.5. The maximum atomic E-state index is 14.2. The van der Waals surface area contributed by atoms with Crippen LogP contribution in [0.3, 0.4) is 0 Å². The standard InChI is InChI=1S/C14H20F2N2O2S/c1-17-9-11-12(15)6-7-13(14(11)16)21(19,20)18-8-10-4-2-3-5-10/h6-7,10,17-18H,2-5,8-9H2,1H3. The smallest absolute Gasteiger partial charge is 0.243 e. The van der Waals surface area contributed by atoms with Crippen molar-refractivity contribution in [2.24, 2.45) is 5.92 Å². The molecule has 1 fully saturated rings. The van der Waals surface area contributed by atoms with Crippen LogP contribution in [0.5, 0.6) is 0 Å². The predicted octanol–water partition coefficient (Wildman–Crippen LogP) is 2.15. The Bertz CT molecular complexity index is 599. The highest BCUT2D eigenvalue weighted by Gasteiger charge is 2.25. The molecule has 0 bridgehead atoms. The molecule has 21 heavy (non-hydrogen) atoms. The molecule has 2 rings (SSSR count). The summed E-state index contributed by atoms with van der Waals surface area (Å²) in [5.74, 6) is -1.47. The van der Waals surface area contributed by atoms with Crippen molar-refractivity contribution in [3.63, 3.8) is 0 Å². The van der Waals surface area contributed by atoms with Gasteiger partial charge in [-0.2, -0.15) is 0 Å². The van der Waals surface area contributed by atoms with Gasteiger partial charge in [-0.05, 0) is 37.9 Å². The van der Waals surface area contributed by atoms with Crippen molar-refractivity contribution in [3.05, 3.63) is 29.3 Å². The Labute approximate surface area is 124 Å². The van der Waals surface area contributed by atoms with Crippen LogP contribution in [0, 0.1) is 17.6 Å². The normalized spacial score (nSPS) is 16.5. The van der Waals surface area contributed by atoms with Gasteiger partial charge in [0.15, 0.2) is 5.82 Å². The second-order valence-corrected chi connectivity index (χ2v) is 7.11. The molecule has 118 valence electrons. The molecule has 1 aromatic rings. The summed E-state index contributed by atoms with van der Waals surface area (Å²) in [4.78, 5) is -0.493. The number of halogens is 2. The maximum absolute atomic E-state index is 14.2. The first-order valence-electron chi connectivity index (χ1n) is 7.07. The first-order chi connectivity index (χ1) is 9.95. The van der Waals surface area contributed by atoms with E-state index in [4.69, 9.17) is 0 Å². The maximum Gasteiger partial charge on any atom is 0.243 e. The third kappa shape index (κ3) is 3.78. The summed E-state index contributed by atoms with van der Waals surface area (Å²) in [6.45, 7) is 0.240. The van der Waals surface area contributed by atoms with Gasteiger partial charge >= 0.3 is 0 Å². The predicted molar refractivity (Wildman–Crippen MR) is 76.3 cm³/mol. The molecule has 0 heterocycles. The number of sulfonamides is 1. The summed E-state index contributed by atoms with van der Waals surface area (Å²) in [6.07, 6.45) is 4.17. The van der Waals surface area contributed by atoms with Crippen LogP contribution < -0.4 is 10.0 Å². The number of benzene rings is 1. The first kappa shape index (κ1) is 16.3. The molecular formula is C14H20F2N2O2S. The second-order valence-electron chi connectivity index (χ2n) is 5.37. The van der Waals surface area contributed by atoms with Crippen LogP contribution in [0.2, 0.25) is 0 Å². The highest BCUT2D eigenvalue weighted by Crippen LogP contribution is 2.25. The SMILES string of the molecule is CNCc1c(F)ccc(S(=O)(=O)NCC2CCCC2)c1F. The Kier molecular flexibility index (Phi) is 5.29. The van der Waals surface area contributed by atoms with Gasteiger partial charge in [0.25, 0.3) is 0 Å². The van der Waals surface area contributed by atoms with E-state index in [1.54, 1.807) is 7.05 Å². The van der Waals surface area contributed by atoms with E-state index in [0.717, 1.165) is 37.8 Å². The van der Waals surface area contributed by atoms with Gasteiger partial charge in [-0.15, -0.1) is 0 Å². The molecule has 7 heteroatoms. The Morgan fingerprint density at radius 1 is 1.24 bits per heavy atom. The van der Waals surface area contributed by atoms with E-state index >= 15 is 0 Å². The summed E-state index contributed by atoms with van der Waals surface area (Å²) in [5, 5.41) is 2.63. The summed E-state index contributed by atoms with van der Waals surface area (Å²) in [6, 6.07) is 1.96. The Morgan fingerprint density at radius 3 is 2.52 bits per heavy atom. The molecule has 0 aromatic heterocycles. The van der Waals surface area contributed by atoms with Crippen molar-refractivity contribution in [2.75, 3.05) is 13.6 Å². The van der Waals surface area contributed by atoms with Gasteiger partial charge in [-0.25, -0.2) is 21.9 Å². The molecule has 0 radical (unpaired) electrons. The molecule has 1 aromatic carbocycles. The van der Waals surface area contributed by atoms with Crippen molar-refractivity contribution in [1.29, 1.82) is 0 Å². The molecule has 0 amide bonds. The minimum absolute atomic E-state index is 0.0658. The van der Waals surface area contributed by atoms with Crippen molar-refractivity contribution in [1.82, 2.24) is 10.0 Å². The van der Waals surface area contributed by atoms with E-state index in [2.05, 4.69) is 10.0 Å². The van der Waals surface area contributed by atoms with E-state index in [-0.39, 0.29) is 12.1 Å². The van der Waals surface area contributed by atoms with E-state index in [1.165, 1.54) is 0 Å². The molecule has 4 nitrogen and oxygen atoms in total. The second kappa shape index (κ2) is 6.81. The average molecular weight is 318 g/mol. The fourth-order valence-corrected chi connectivity index (χ4v) is 3.86.